The molecule has 2 amide bonds. The van der Waals surface area contributed by atoms with E-state index in [1.54, 1.807) is 0 Å². The van der Waals surface area contributed by atoms with Gasteiger partial charge in [0, 0.05) is 0 Å². The molecule has 8 heteroatoms. The SMILES string of the molecule is O=C1[C@@H]2[C@@H](C(=O)N1/N=C\c1ccc([N+](=O)[O-])o1)[C@@H]1C=C[C@H]2C12CC2. The molecule has 0 N–H and O–H groups in total. The van der Waals surface area contributed by atoms with E-state index in [1.165, 1.54) is 18.3 Å². The minimum atomic E-state index is -0.660. The van der Waals surface area contributed by atoms with Crippen molar-refractivity contribution in [3.05, 3.63) is 40.2 Å². The quantitative estimate of drug-likeness (QED) is 0.276. The summed E-state index contributed by atoms with van der Waals surface area (Å²) >= 11 is 0. The van der Waals surface area contributed by atoms with E-state index in [2.05, 4.69) is 17.3 Å². The van der Waals surface area contributed by atoms with Crippen molar-refractivity contribution in [2.24, 2.45) is 34.2 Å². The largest absolute Gasteiger partial charge is 0.433 e. The maximum Gasteiger partial charge on any atom is 0.433 e. The number of nitrogens with zero attached hydrogens (tertiary/aromatic N) is 3. The van der Waals surface area contributed by atoms with Crippen LogP contribution in [0.15, 0.2) is 33.8 Å². The number of hydrogen-bond acceptors (Lipinski definition) is 6. The first kappa shape index (κ1) is 13.6. The number of imide groups is 1. The van der Waals surface area contributed by atoms with E-state index < -0.39 is 10.8 Å². The third-order valence-corrected chi connectivity index (χ3v) is 5.92. The first-order chi connectivity index (χ1) is 11.5. The molecule has 1 saturated heterocycles. The van der Waals surface area contributed by atoms with Crippen molar-refractivity contribution in [3.8, 4) is 0 Å². The average Bonchev–Trinajstić information content (AvgIpc) is 2.84. The summed E-state index contributed by atoms with van der Waals surface area (Å²) in [5.74, 6) is -1.15. The van der Waals surface area contributed by atoms with Crippen molar-refractivity contribution < 1.29 is 18.9 Å². The Bertz CT molecular complexity index is 816. The number of fused-ring (bicyclic) bond motifs is 3. The fourth-order valence-corrected chi connectivity index (χ4v) is 4.80. The molecule has 2 heterocycles. The van der Waals surface area contributed by atoms with Crippen LogP contribution in [0.25, 0.3) is 0 Å². The van der Waals surface area contributed by atoms with Crippen molar-refractivity contribution in [2.75, 3.05) is 0 Å². The number of hydrazone groups is 1. The Morgan fingerprint density at radius 3 is 2.33 bits per heavy atom. The van der Waals surface area contributed by atoms with Gasteiger partial charge in [-0.1, -0.05) is 12.2 Å². The maximum atomic E-state index is 12.7. The highest BCUT2D eigenvalue weighted by Gasteiger charge is 2.73. The number of nitro groups is 1. The average molecular weight is 327 g/mol. The second kappa shape index (κ2) is 4.19. The molecule has 4 atom stereocenters. The summed E-state index contributed by atoms with van der Waals surface area (Å²) in [7, 11) is 0. The van der Waals surface area contributed by atoms with Crippen molar-refractivity contribution >= 4 is 23.9 Å². The molecule has 3 aliphatic carbocycles. The lowest BCUT2D eigenvalue weighted by Crippen LogP contribution is -2.30. The van der Waals surface area contributed by atoms with Crippen LogP contribution in [0.5, 0.6) is 0 Å². The van der Waals surface area contributed by atoms with Crippen molar-refractivity contribution in [2.45, 2.75) is 12.8 Å². The van der Waals surface area contributed by atoms with E-state index in [0.29, 0.717) is 0 Å². The number of hydrogen-bond donors (Lipinski definition) is 0. The molecule has 2 saturated carbocycles. The van der Waals surface area contributed by atoms with Crippen LogP contribution in [0.4, 0.5) is 5.88 Å². The molecule has 24 heavy (non-hydrogen) atoms. The van der Waals surface area contributed by atoms with Gasteiger partial charge in [-0.25, -0.2) is 0 Å². The van der Waals surface area contributed by atoms with Gasteiger partial charge in [-0.2, -0.15) is 10.1 Å². The van der Waals surface area contributed by atoms with Gasteiger partial charge in [0.2, 0.25) is 0 Å². The first-order valence-electron chi connectivity index (χ1n) is 7.87. The van der Waals surface area contributed by atoms with Crippen molar-refractivity contribution in [1.82, 2.24) is 5.01 Å². The Morgan fingerprint density at radius 1 is 1.21 bits per heavy atom. The van der Waals surface area contributed by atoms with Crippen LogP contribution in [0.3, 0.4) is 0 Å². The number of carbonyl (C=O) groups is 2. The zero-order valence-corrected chi connectivity index (χ0v) is 12.5. The smallest absolute Gasteiger partial charge is 0.400 e. The van der Waals surface area contributed by atoms with Crippen LogP contribution in [-0.2, 0) is 9.59 Å². The highest BCUT2D eigenvalue weighted by atomic mass is 16.6. The van der Waals surface area contributed by atoms with E-state index in [0.717, 1.165) is 17.9 Å². The van der Waals surface area contributed by atoms with E-state index in [-0.39, 0.29) is 46.7 Å². The lowest BCUT2D eigenvalue weighted by molar-refractivity contribution is -0.402. The molecule has 0 aromatic carbocycles. The minimum Gasteiger partial charge on any atom is -0.400 e. The van der Waals surface area contributed by atoms with Crippen LogP contribution in [0, 0.1) is 39.2 Å². The molecular formula is C16H13N3O5. The molecule has 1 spiro atoms. The Balaban J connectivity index is 1.41. The number of furan rings is 1. The highest BCUT2D eigenvalue weighted by molar-refractivity contribution is 6.07. The summed E-state index contributed by atoms with van der Waals surface area (Å²) in [6.07, 6.45) is 7.52. The monoisotopic (exact) mass is 327 g/mol. The molecule has 5 rings (SSSR count). The fourth-order valence-electron chi connectivity index (χ4n) is 4.80. The fraction of sp³-hybridized carbons (Fsp3) is 0.438. The van der Waals surface area contributed by atoms with Crippen LogP contribution in [0.1, 0.15) is 18.6 Å². The molecule has 3 fully saturated rings. The van der Waals surface area contributed by atoms with Crippen LogP contribution in [-0.4, -0.2) is 28.0 Å². The van der Waals surface area contributed by atoms with Gasteiger partial charge >= 0.3 is 5.88 Å². The standard InChI is InChI=1S/C16H13N3O5/c20-14-12-9-2-3-10(16(9)5-6-16)13(12)15(21)18(14)17-7-8-1-4-11(24-8)19(22)23/h1-4,7,9-10,12-13H,5-6H2/b17-7-/t9-,10+,12-,13-/m0/s1. The molecule has 0 radical (unpaired) electrons. The summed E-state index contributed by atoms with van der Waals surface area (Å²) in [6.45, 7) is 0. The third kappa shape index (κ3) is 1.50. The summed E-state index contributed by atoms with van der Waals surface area (Å²) in [5, 5.41) is 15.4. The second-order valence-electron chi connectivity index (χ2n) is 6.89. The zero-order valence-electron chi connectivity index (χ0n) is 12.5. The predicted octanol–water partition coefficient (Wildman–Crippen LogP) is 1.72. The van der Waals surface area contributed by atoms with Crippen LogP contribution in [0.2, 0.25) is 0 Å². The van der Waals surface area contributed by atoms with Crippen LogP contribution >= 0.6 is 0 Å². The van der Waals surface area contributed by atoms with Gasteiger partial charge < -0.3 is 4.42 Å². The molecule has 1 aliphatic heterocycles. The highest BCUT2D eigenvalue weighted by Crippen LogP contribution is 2.73. The Labute approximate surface area is 135 Å². The third-order valence-electron chi connectivity index (χ3n) is 5.92. The minimum absolute atomic E-state index is 0.124. The van der Waals surface area contributed by atoms with Gasteiger partial charge in [0.25, 0.3) is 11.8 Å². The number of amides is 2. The van der Waals surface area contributed by atoms with E-state index in [9.17, 15) is 19.7 Å². The summed E-state index contributed by atoms with van der Waals surface area (Å²) < 4.78 is 4.96. The molecule has 1 aromatic heterocycles. The van der Waals surface area contributed by atoms with Crippen molar-refractivity contribution in [1.29, 1.82) is 0 Å². The second-order valence-corrected chi connectivity index (χ2v) is 6.89. The summed E-state index contributed by atoms with van der Waals surface area (Å²) in [5.41, 5.74) is 0.151. The van der Waals surface area contributed by atoms with Crippen molar-refractivity contribution in [3.63, 3.8) is 0 Å². The van der Waals surface area contributed by atoms with Gasteiger partial charge in [0.15, 0.2) is 5.76 Å². The molecule has 4 aliphatic rings. The van der Waals surface area contributed by atoms with Gasteiger partial charge in [-0.05, 0) is 36.2 Å². The normalized spacial score (nSPS) is 34.8. The van der Waals surface area contributed by atoms with Gasteiger partial charge in [0.1, 0.15) is 4.92 Å². The topological polar surface area (TPSA) is 106 Å². The van der Waals surface area contributed by atoms with E-state index in [4.69, 9.17) is 4.42 Å². The first-order valence-corrected chi connectivity index (χ1v) is 7.87. The molecule has 2 bridgehead atoms. The molecule has 122 valence electrons. The number of allylic oxidation sites excluding steroid dienone is 2. The Hall–Kier alpha value is -2.77. The lowest BCUT2D eigenvalue weighted by Gasteiger charge is -2.18. The molecule has 0 unspecified atom stereocenters. The van der Waals surface area contributed by atoms with Gasteiger partial charge in [-0.15, -0.1) is 0 Å². The van der Waals surface area contributed by atoms with E-state index in [1.807, 2.05) is 0 Å². The van der Waals surface area contributed by atoms with Crippen LogP contribution < -0.4 is 0 Å². The zero-order chi connectivity index (χ0) is 16.6. The Morgan fingerprint density at radius 2 is 1.83 bits per heavy atom. The van der Waals surface area contributed by atoms with Gasteiger partial charge in [0.05, 0.1) is 24.1 Å². The predicted molar refractivity (Wildman–Crippen MR) is 79.6 cm³/mol. The lowest BCUT2D eigenvalue weighted by atomic mass is 9.85. The summed E-state index contributed by atoms with van der Waals surface area (Å²) in [4.78, 5) is 35.3. The molecular weight excluding hydrogens is 314 g/mol. The number of carbonyl (C=O) groups excluding carboxylic acids is 2. The maximum absolute atomic E-state index is 12.7. The Kier molecular flexibility index (Phi) is 2.39. The van der Waals surface area contributed by atoms with E-state index >= 15 is 0 Å². The number of rotatable bonds is 3. The molecule has 1 aromatic rings. The molecule has 8 nitrogen and oxygen atoms in total. The summed E-state index contributed by atoms with van der Waals surface area (Å²) in [6, 6.07) is 2.57. The van der Waals surface area contributed by atoms with Gasteiger partial charge in [-0.3, -0.25) is 19.7 Å².